The summed E-state index contributed by atoms with van der Waals surface area (Å²) in [5.41, 5.74) is 0.324. The van der Waals surface area contributed by atoms with Gasteiger partial charge in [0.05, 0.1) is 5.75 Å². The summed E-state index contributed by atoms with van der Waals surface area (Å²) in [7, 11) is -1.38. The number of aromatic nitrogens is 1. The third-order valence-corrected chi connectivity index (χ3v) is 8.41. The third-order valence-electron chi connectivity index (χ3n) is 6.37. The standard InChI is InChI=1S/C20H33N5O4S/c1-21-8-9-22-7-2-10-30(27,28)25-16-5-6-17(25)12-15(11-16)23-20(26)18-13-19(29-24-18)14-3-4-14/h13-17,21-22H,2-12H2,1H3,(H,23,26)/t15-,16+,17-. The van der Waals surface area contributed by atoms with Gasteiger partial charge >= 0.3 is 0 Å². The maximum absolute atomic E-state index is 12.9. The summed E-state index contributed by atoms with van der Waals surface area (Å²) in [5.74, 6) is 1.16. The number of carbonyl (C=O) groups is 1. The van der Waals surface area contributed by atoms with Crippen molar-refractivity contribution in [1.29, 1.82) is 0 Å². The van der Waals surface area contributed by atoms with Gasteiger partial charge in [0.25, 0.3) is 5.91 Å². The minimum atomic E-state index is -3.28. The highest BCUT2D eigenvalue weighted by atomic mass is 32.2. The van der Waals surface area contributed by atoms with E-state index < -0.39 is 10.0 Å². The number of rotatable bonds is 11. The van der Waals surface area contributed by atoms with Gasteiger partial charge < -0.3 is 20.5 Å². The van der Waals surface area contributed by atoms with Crippen LogP contribution < -0.4 is 16.0 Å². The Morgan fingerprint density at radius 3 is 2.57 bits per heavy atom. The number of nitrogens with zero attached hydrogens (tertiary/aromatic N) is 2. The Morgan fingerprint density at radius 1 is 1.17 bits per heavy atom. The van der Waals surface area contributed by atoms with Crippen LogP contribution in [0.3, 0.4) is 0 Å². The molecule has 1 aliphatic carbocycles. The minimum Gasteiger partial charge on any atom is -0.360 e. The number of fused-ring (bicyclic) bond motifs is 2. The lowest BCUT2D eigenvalue weighted by molar-refractivity contribution is 0.0900. The zero-order chi connectivity index (χ0) is 21.1. The first-order valence-electron chi connectivity index (χ1n) is 11.1. The molecule has 0 aromatic carbocycles. The molecule has 3 aliphatic rings. The van der Waals surface area contributed by atoms with Gasteiger partial charge in [-0.05, 0) is 58.5 Å². The van der Waals surface area contributed by atoms with Crippen molar-refractivity contribution in [2.45, 2.75) is 69.0 Å². The average Bonchev–Trinajstić information content (AvgIpc) is 3.36. The molecule has 10 heteroatoms. The fraction of sp³-hybridized carbons (Fsp3) is 0.800. The van der Waals surface area contributed by atoms with Crippen LogP contribution in [0.2, 0.25) is 0 Å². The Morgan fingerprint density at radius 2 is 1.90 bits per heavy atom. The van der Waals surface area contributed by atoms with Crippen LogP contribution in [-0.2, 0) is 10.0 Å². The number of nitrogens with one attached hydrogen (secondary N) is 3. The second-order valence-corrected chi connectivity index (χ2v) is 10.8. The lowest BCUT2D eigenvalue weighted by Crippen LogP contribution is -2.53. The summed E-state index contributed by atoms with van der Waals surface area (Å²) in [4.78, 5) is 12.6. The van der Waals surface area contributed by atoms with E-state index >= 15 is 0 Å². The van der Waals surface area contributed by atoms with Crippen molar-refractivity contribution in [1.82, 2.24) is 25.4 Å². The average molecular weight is 440 g/mol. The zero-order valence-electron chi connectivity index (χ0n) is 17.6. The summed E-state index contributed by atoms with van der Waals surface area (Å²) in [6.07, 6.45) is 5.86. The van der Waals surface area contributed by atoms with Crippen molar-refractivity contribution in [2.24, 2.45) is 0 Å². The van der Waals surface area contributed by atoms with E-state index in [9.17, 15) is 13.2 Å². The highest BCUT2D eigenvalue weighted by molar-refractivity contribution is 7.89. The van der Waals surface area contributed by atoms with E-state index in [1.165, 1.54) is 0 Å². The fourth-order valence-electron chi connectivity index (χ4n) is 4.75. The monoisotopic (exact) mass is 439 g/mol. The second kappa shape index (κ2) is 9.33. The van der Waals surface area contributed by atoms with Crippen molar-refractivity contribution in [3.05, 3.63) is 17.5 Å². The van der Waals surface area contributed by atoms with Crippen LogP contribution in [0.4, 0.5) is 0 Å². The van der Waals surface area contributed by atoms with E-state index in [4.69, 9.17) is 4.52 Å². The number of likely N-dealkylation sites (N-methyl/N-ethyl adjacent to an activating group) is 1. The van der Waals surface area contributed by atoms with Gasteiger partial charge in [-0.25, -0.2) is 8.42 Å². The smallest absolute Gasteiger partial charge is 0.273 e. The molecule has 30 heavy (non-hydrogen) atoms. The van der Waals surface area contributed by atoms with Gasteiger partial charge in [-0.3, -0.25) is 4.79 Å². The summed E-state index contributed by atoms with van der Waals surface area (Å²) in [5, 5.41) is 13.3. The molecular weight excluding hydrogens is 406 g/mol. The number of hydrogen-bond acceptors (Lipinski definition) is 7. The van der Waals surface area contributed by atoms with Crippen molar-refractivity contribution in [2.75, 3.05) is 32.4 Å². The summed E-state index contributed by atoms with van der Waals surface area (Å²) in [6, 6.07) is 1.68. The summed E-state index contributed by atoms with van der Waals surface area (Å²) >= 11 is 0. The normalized spacial score (nSPS) is 26.8. The molecule has 3 atom stereocenters. The van der Waals surface area contributed by atoms with E-state index in [0.29, 0.717) is 37.4 Å². The molecule has 3 N–H and O–H groups in total. The number of sulfonamides is 1. The van der Waals surface area contributed by atoms with Crippen LogP contribution in [0.1, 0.15) is 67.1 Å². The first-order valence-corrected chi connectivity index (χ1v) is 12.7. The Labute approximate surface area is 178 Å². The van der Waals surface area contributed by atoms with Gasteiger partial charge in [-0.1, -0.05) is 5.16 Å². The van der Waals surface area contributed by atoms with Crippen LogP contribution in [0.5, 0.6) is 0 Å². The molecule has 168 valence electrons. The Bertz CT molecular complexity index is 824. The fourth-order valence-corrected chi connectivity index (χ4v) is 6.76. The summed E-state index contributed by atoms with van der Waals surface area (Å²) in [6.45, 7) is 2.40. The van der Waals surface area contributed by atoms with Crippen molar-refractivity contribution < 1.29 is 17.7 Å². The molecule has 2 bridgehead atoms. The second-order valence-electron chi connectivity index (χ2n) is 8.77. The van der Waals surface area contributed by atoms with Gasteiger partial charge in [-0.15, -0.1) is 0 Å². The van der Waals surface area contributed by atoms with E-state index in [-0.39, 0.29) is 29.8 Å². The van der Waals surface area contributed by atoms with E-state index in [2.05, 4.69) is 21.1 Å². The predicted molar refractivity (Wildman–Crippen MR) is 113 cm³/mol. The number of amides is 1. The van der Waals surface area contributed by atoms with Crippen molar-refractivity contribution >= 4 is 15.9 Å². The zero-order valence-corrected chi connectivity index (χ0v) is 18.4. The maximum Gasteiger partial charge on any atom is 0.273 e. The predicted octanol–water partition coefficient (Wildman–Crippen LogP) is 0.806. The van der Waals surface area contributed by atoms with E-state index in [1.807, 2.05) is 7.05 Å². The minimum absolute atomic E-state index is 0.0179. The van der Waals surface area contributed by atoms with Crippen LogP contribution >= 0.6 is 0 Å². The van der Waals surface area contributed by atoms with Gasteiger partial charge in [-0.2, -0.15) is 4.31 Å². The molecule has 2 aliphatic heterocycles. The Kier molecular flexibility index (Phi) is 6.76. The Hall–Kier alpha value is -1.49. The molecule has 1 amide bonds. The third kappa shape index (κ3) is 5.04. The summed E-state index contributed by atoms with van der Waals surface area (Å²) < 4.78 is 32.9. The molecule has 0 spiro atoms. The van der Waals surface area contributed by atoms with Crippen LogP contribution in [0, 0.1) is 0 Å². The lowest BCUT2D eigenvalue weighted by Gasteiger charge is -2.38. The number of piperidine rings is 1. The van der Waals surface area contributed by atoms with Gasteiger partial charge in [0, 0.05) is 43.2 Å². The topological polar surface area (TPSA) is 117 Å². The van der Waals surface area contributed by atoms with Crippen molar-refractivity contribution in [3.63, 3.8) is 0 Å². The molecule has 4 rings (SSSR count). The van der Waals surface area contributed by atoms with Crippen LogP contribution in [0.25, 0.3) is 0 Å². The quantitative estimate of drug-likeness (QED) is 0.437. The maximum atomic E-state index is 12.9. The van der Waals surface area contributed by atoms with Crippen LogP contribution in [0.15, 0.2) is 10.6 Å². The molecule has 1 aromatic rings. The molecule has 1 aromatic heterocycles. The molecule has 3 fully saturated rings. The molecule has 2 saturated heterocycles. The largest absolute Gasteiger partial charge is 0.360 e. The molecule has 0 unspecified atom stereocenters. The van der Waals surface area contributed by atoms with Gasteiger partial charge in [0.1, 0.15) is 5.76 Å². The number of carbonyl (C=O) groups excluding carboxylic acids is 1. The lowest BCUT2D eigenvalue weighted by atomic mass is 9.99. The molecule has 3 heterocycles. The van der Waals surface area contributed by atoms with E-state index in [0.717, 1.165) is 44.5 Å². The highest BCUT2D eigenvalue weighted by Crippen LogP contribution is 2.40. The SMILES string of the molecule is CNCCNCCCS(=O)(=O)N1[C@@H]2CC[C@H]1C[C@@H](NC(=O)c1cc(C3CC3)on1)C2. The highest BCUT2D eigenvalue weighted by Gasteiger charge is 2.46. The number of hydrogen-bond donors (Lipinski definition) is 3. The van der Waals surface area contributed by atoms with Crippen molar-refractivity contribution in [3.8, 4) is 0 Å². The van der Waals surface area contributed by atoms with Crippen LogP contribution in [-0.4, -0.2) is 74.3 Å². The molecule has 9 nitrogen and oxygen atoms in total. The Balaban J connectivity index is 1.27. The first kappa shape index (κ1) is 21.7. The molecule has 1 saturated carbocycles. The van der Waals surface area contributed by atoms with Gasteiger partial charge in [0.15, 0.2) is 5.69 Å². The molecule has 0 radical (unpaired) electrons. The first-order chi connectivity index (χ1) is 14.5. The van der Waals surface area contributed by atoms with Gasteiger partial charge in [0.2, 0.25) is 10.0 Å². The van der Waals surface area contributed by atoms with E-state index in [1.54, 1.807) is 10.4 Å². The molecular formula is C20H33N5O4S.